The van der Waals surface area contributed by atoms with Crippen LogP contribution in [0.5, 0.6) is 0 Å². The van der Waals surface area contributed by atoms with Crippen molar-refractivity contribution in [2.24, 2.45) is 0 Å². The summed E-state index contributed by atoms with van der Waals surface area (Å²) in [5.74, 6) is -3.69. The lowest BCUT2D eigenvalue weighted by atomic mass is 9.91. The summed E-state index contributed by atoms with van der Waals surface area (Å²) in [6.45, 7) is 2.59. The van der Waals surface area contributed by atoms with Crippen molar-refractivity contribution < 1.29 is 28.0 Å². The lowest BCUT2D eigenvalue weighted by Crippen LogP contribution is -2.45. The van der Waals surface area contributed by atoms with Gasteiger partial charge in [0.25, 0.3) is 5.91 Å². The van der Waals surface area contributed by atoms with Gasteiger partial charge in [-0.05, 0) is 31.5 Å². The summed E-state index contributed by atoms with van der Waals surface area (Å²) in [5, 5.41) is 7.13. The Balaban J connectivity index is 2.06. The summed E-state index contributed by atoms with van der Waals surface area (Å²) in [6, 6.07) is 1.63. The summed E-state index contributed by atoms with van der Waals surface area (Å²) < 4.78 is 27.5. The monoisotopic (exact) mass is 382 g/mol. The van der Waals surface area contributed by atoms with E-state index >= 15 is 0 Å². The van der Waals surface area contributed by atoms with Crippen LogP contribution in [0.3, 0.4) is 0 Å². The standard InChI is InChI=1S/C17H20F2N4O4/c1-3-6-20-13(24)8-21-14(25)9-23-15(26)17(2,22-16(23)27)11-7-10(18)4-5-12(11)19/h4-5,7H,3,6,8-9H2,1-2H3,(H,20,24)(H,21,25)(H,22,27)/t17-/m0/s1. The molecule has 1 heterocycles. The molecule has 0 saturated carbocycles. The first kappa shape index (κ1) is 20.3. The molecule has 1 aliphatic rings. The van der Waals surface area contributed by atoms with Crippen molar-refractivity contribution in [3.8, 4) is 0 Å². The number of carbonyl (C=O) groups is 4. The van der Waals surface area contributed by atoms with Gasteiger partial charge in [0.1, 0.15) is 23.7 Å². The maximum Gasteiger partial charge on any atom is 0.325 e. The third-order valence-electron chi connectivity index (χ3n) is 4.06. The summed E-state index contributed by atoms with van der Waals surface area (Å²) in [7, 11) is 0. The molecule has 27 heavy (non-hydrogen) atoms. The molecule has 0 radical (unpaired) electrons. The number of carbonyl (C=O) groups excluding carboxylic acids is 4. The third-order valence-corrected chi connectivity index (χ3v) is 4.06. The molecule has 2 rings (SSSR count). The minimum atomic E-state index is -1.85. The molecule has 1 atom stereocenters. The molecule has 0 unspecified atom stereocenters. The van der Waals surface area contributed by atoms with Crippen LogP contribution in [-0.4, -0.2) is 48.3 Å². The number of benzene rings is 1. The smallest absolute Gasteiger partial charge is 0.325 e. The Morgan fingerprint density at radius 3 is 2.56 bits per heavy atom. The van der Waals surface area contributed by atoms with E-state index in [-0.39, 0.29) is 12.1 Å². The maximum atomic E-state index is 14.1. The molecular formula is C17H20F2N4O4. The molecule has 0 aromatic heterocycles. The van der Waals surface area contributed by atoms with Gasteiger partial charge in [0, 0.05) is 12.1 Å². The Morgan fingerprint density at radius 2 is 1.89 bits per heavy atom. The van der Waals surface area contributed by atoms with Gasteiger partial charge in [-0.25, -0.2) is 13.6 Å². The molecule has 5 amide bonds. The maximum absolute atomic E-state index is 14.1. The van der Waals surface area contributed by atoms with E-state index in [0.717, 1.165) is 24.6 Å². The van der Waals surface area contributed by atoms with E-state index in [1.54, 1.807) is 0 Å². The van der Waals surface area contributed by atoms with E-state index in [2.05, 4.69) is 16.0 Å². The SMILES string of the molecule is CCCNC(=O)CNC(=O)CN1C(=O)N[C@@](C)(c2cc(F)ccc2F)C1=O. The van der Waals surface area contributed by atoms with Gasteiger partial charge < -0.3 is 16.0 Å². The Morgan fingerprint density at radius 1 is 1.19 bits per heavy atom. The van der Waals surface area contributed by atoms with E-state index in [1.165, 1.54) is 6.92 Å². The predicted octanol–water partition coefficient (Wildman–Crippen LogP) is 0.374. The zero-order valence-electron chi connectivity index (χ0n) is 14.9. The molecule has 146 valence electrons. The number of rotatable bonds is 7. The van der Waals surface area contributed by atoms with Gasteiger partial charge >= 0.3 is 6.03 Å². The second-order valence-electron chi connectivity index (χ2n) is 6.20. The highest BCUT2D eigenvalue weighted by atomic mass is 19.1. The van der Waals surface area contributed by atoms with Crippen molar-refractivity contribution in [2.45, 2.75) is 25.8 Å². The molecule has 1 aromatic rings. The zero-order valence-corrected chi connectivity index (χ0v) is 14.9. The lowest BCUT2D eigenvalue weighted by molar-refractivity contribution is -0.135. The normalized spacial score (nSPS) is 19.0. The third kappa shape index (κ3) is 4.39. The number of hydrogen-bond acceptors (Lipinski definition) is 4. The summed E-state index contributed by atoms with van der Waals surface area (Å²) in [4.78, 5) is 48.7. The van der Waals surface area contributed by atoms with Crippen LogP contribution in [0.4, 0.5) is 13.6 Å². The summed E-state index contributed by atoms with van der Waals surface area (Å²) in [6.07, 6.45) is 0.733. The number of nitrogens with zero attached hydrogens (tertiary/aromatic N) is 1. The first-order chi connectivity index (χ1) is 12.7. The quantitative estimate of drug-likeness (QED) is 0.593. The molecule has 3 N–H and O–H groups in total. The molecule has 0 bridgehead atoms. The Bertz CT molecular complexity index is 786. The molecule has 1 fully saturated rings. The second kappa shape index (κ2) is 8.11. The van der Waals surface area contributed by atoms with Crippen LogP contribution in [0.15, 0.2) is 18.2 Å². The Kier molecular flexibility index (Phi) is 6.09. The van der Waals surface area contributed by atoms with Gasteiger partial charge in [-0.2, -0.15) is 0 Å². The predicted molar refractivity (Wildman–Crippen MR) is 90.3 cm³/mol. The minimum Gasteiger partial charge on any atom is -0.355 e. The molecule has 8 nitrogen and oxygen atoms in total. The van der Waals surface area contributed by atoms with Gasteiger partial charge in [-0.1, -0.05) is 6.92 Å². The van der Waals surface area contributed by atoms with Crippen molar-refractivity contribution in [3.05, 3.63) is 35.4 Å². The molecule has 10 heteroatoms. The number of imide groups is 1. The van der Waals surface area contributed by atoms with Crippen LogP contribution < -0.4 is 16.0 Å². The molecular weight excluding hydrogens is 362 g/mol. The van der Waals surface area contributed by atoms with Gasteiger partial charge in [0.15, 0.2) is 0 Å². The van der Waals surface area contributed by atoms with Gasteiger partial charge in [0.05, 0.1) is 6.54 Å². The fourth-order valence-corrected chi connectivity index (χ4v) is 2.61. The van der Waals surface area contributed by atoms with Crippen molar-refractivity contribution in [1.82, 2.24) is 20.9 Å². The van der Waals surface area contributed by atoms with Crippen LogP contribution in [0, 0.1) is 11.6 Å². The Hall–Kier alpha value is -3.04. The van der Waals surface area contributed by atoms with Crippen LogP contribution in [0.25, 0.3) is 0 Å². The molecule has 1 aromatic carbocycles. The fraction of sp³-hybridized carbons (Fsp3) is 0.412. The van der Waals surface area contributed by atoms with E-state index in [9.17, 15) is 28.0 Å². The number of nitrogens with one attached hydrogen (secondary N) is 3. The lowest BCUT2D eigenvalue weighted by Gasteiger charge is -2.22. The Labute approximate surface area is 154 Å². The van der Waals surface area contributed by atoms with Crippen molar-refractivity contribution in [3.63, 3.8) is 0 Å². The molecule has 0 spiro atoms. The largest absolute Gasteiger partial charge is 0.355 e. The number of urea groups is 1. The summed E-state index contributed by atoms with van der Waals surface area (Å²) in [5.41, 5.74) is -2.19. The fourth-order valence-electron chi connectivity index (χ4n) is 2.61. The number of amides is 5. The number of hydrogen-bond donors (Lipinski definition) is 3. The topological polar surface area (TPSA) is 108 Å². The van der Waals surface area contributed by atoms with Gasteiger partial charge in [0.2, 0.25) is 11.8 Å². The van der Waals surface area contributed by atoms with Crippen LogP contribution in [-0.2, 0) is 19.9 Å². The number of halogens is 2. The van der Waals surface area contributed by atoms with E-state index in [4.69, 9.17) is 0 Å². The molecule has 0 aliphatic carbocycles. The first-order valence-electron chi connectivity index (χ1n) is 8.32. The van der Waals surface area contributed by atoms with Crippen molar-refractivity contribution in [2.75, 3.05) is 19.6 Å². The van der Waals surface area contributed by atoms with E-state index < -0.39 is 47.5 Å². The highest BCUT2D eigenvalue weighted by molar-refractivity contribution is 6.09. The summed E-state index contributed by atoms with van der Waals surface area (Å²) >= 11 is 0. The van der Waals surface area contributed by atoms with Crippen molar-refractivity contribution in [1.29, 1.82) is 0 Å². The van der Waals surface area contributed by atoms with Gasteiger partial charge in [-0.3, -0.25) is 19.3 Å². The van der Waals surface area contributed by atoms with Crippen LogP contribution >= 0.6 is 0 Å². The highest BCUT2D eigenvalue weighted by Crippen LogP contribution is 2.31. The van der Waals surface area contributed by atoms with Gasteiger partial charge in [-0.15, -0.1) is 0 Å². The van der Waals surface area contributed by atoms with Crippen molar-refractivity contribution >= 4 is 23.8 Å². The average Bonchev–Trinajstić information content (AvgIpc) is 2.84. The van der Waals surface area contributed by atoms with E-state index in [0.29, 0.717) is 11.4 Å². The van der Waals surface area contributed by atoms with Crippen LogP contribution in [0.1, 0.15) is 25.8 Å². The first-order valence-corrected chi connectivity index (χ1v) is 8.32. The van der Waals surface area contributed by atoms with E-state index in [1.807, 2.05) is 6.92 Å². The zero-order chi connectivity index (χ0) is 20.2. The van der Waals surface area contributed by atoms with Crippen LogP contribution in [0.2, 0.25) is 0 Å². The molecule has 1 aliphatic heterocycles. The molecule has 1 saturated heterocycles. The second-order valence-corrected chi connectivity index (χ2v) is 6.20. The highest BCUT2D eigenvalue weighted by Gasteiger charge is 2.50. The average molecular weight is 382 g/mol. The minimum absolute atomic E-state index is 0.307.